The summed E-state index contributed by atoms with van der Waals surface area (Å²) in [4.78, 5) is 2.44. The van der Waals surface area contributed by atoms with Crippen LogP contribution in [-0.2, 0) is 4.74 Å². The van der Waals surface area contributed by atoms with Crippen LogP contribution in [0.25, 0.3) is 0 Å². The molecule has 3 nitrogen and oxygen atoms in total. The van der Waals surface area contributed by atoms with Crippen LogP contribution in [0.2, 0.25) is 0 Å². The van der Waals surface area contributed by atoms with E-state index in [0.29, 0.717) is 0 Å². The van der Waals surface area contributed by atoms with Crippen LogP contribution in [0.4, 0.5) is 0 Å². The normalized spacial score (nSPS) is 17.8. The van der Waals surface area contributed by atoms with Crippen LogP contribution < -0.4 is 5.32 Å². The average Bonchev–Trinajstić information content (AvgIpc) is 2.20. The highest BCUT2D eigenvalue weighted by Crippen LogP contribution is 2.12. The molecule has 1 aliphatic rings. The lowest BCUT2D eigenvalue weighted by molar-refractivity contribution is 0.170. The summed E-state index contributed by atoms with van der Waals surface area (Å²) >= 11 is 0. The molecule has 92 valence electrons. The molecule has 0 aliphatic carbocycles. The van der Waals surface area contributed by atoms with Gasteiger partial charge in [-0.3, -0.25) is 0 Å². The van der Waals surface area contributed by atoms with E-state index in [4.69, 9.17) is 4.74 Å². The van der Waals surface area contributed by atoms with E-state index < -0.39 is 0 Å². The summed E-state index contributed by atoms with van der Waals surface area (Å²) in [7, 11) is 3.99. The molecule has 0 aromatic carbocycles. The number of halogens is 1. The summed E-state index contributed by atoms with van der Waals surface area (Å²) in [5.74, 6) is 0.906. The molecule has 0 aromatic rings. The Morgan fingerprint density at radius 3 is 2.60 bits per heavy atom. The van der Waals surface area contributed by atoms with E-state index in [9.17, 15) is 0 Å². The van der Waals surface area contributed by atoms with Crippen molar-refractivity contribution >= 4 is 12.4 Å². The van der Waals surface area contributed by atoms with Gasteiger partial charge in [0.05, 0.1) is 0 Å². The molecule has 0 saturated carbocycles. The van der Waals surface area contributed by atoms with Crippen molar-refractivity contribution in [1.29, 1.82) is 0 Å². The van der Waals surface area contributed by atoms with Crippen LogP contribution in [0, 0.1) is 5.92 Å². The lowest BCUT2D eigenvalue weighted by Gasteiger charge is -2.27. The Hall–Kier alpha value is 0.170. The zero-order chi connectivity index (χ0) is 10.2. The van der Waals surface area contributed by atoms with Gasteiger partial charge in [-0.1, -0.05) is 0 Å². The molecular formula is C11H25ClN2O. The van der Waals surface area contributed by atoms with Crippen molar-refractivity contribution in [3.05, 3.63) is 0 Å². The van der Waals surface area contributed by atoms with Crippen molar-refractivity contribution in [1.82, 2.24) is 10.2 Å². The minimum Gasteiger partial charge on any atom is -0.385 e. The van der Waals surface area contributed by atoms with E-state index in [1.54, 1.807) is 7.11 Å². The topological polar surface area (TPSA) is 24.5 Å². The van der Waals surface area contributed by atoms with Crippen molar-refractivity contribution < 1.29 is 4.74 Å². The third kappa shape index (κ3) is 7.12. The molecule has 0 atom stereocenters. The summed E-state index contributed by atoms with van der Waals surface area (Å²) < 4.78 is 5.05. The molecule has 0 aromatic heterocycles. The zero-order valence-corrected chi connectivity index (χ0v) is 10.8. The second-order valence-corrected chi connectivity index (χ2v) is 4.30. The molecule has 1 saturated heterocycles. The van der Waals surface area contributed by atoms with Crippen LogP contribution in [-0.4, -0.2) is 51.8 Å². The van der Waals surface area contributed by atoms with Crippen LogP contribution in [0.3, 0.4) is 0 Å². The third-order valence-corrected chi connectivity index (χ3v) is 2.92. The van der Waals surface area contributed by atoms with E-state index in [0.717, 1.165) is 25.5 Å². The predicted octanol–water partition coefficient (Wildman–Crippen LogP) is 1.38. The van der Waals surface area contributed by atoms with E-state index in [2.05, 4.69) is 17.3 Å². The lowest BCUT2D eigenvalue weighted by Crippen LogP contribution is -2.35. The molecule has 1 N–H and O–H groups in total. The van der Waals surface area contributed by atoms with Gasteiger partial charge in [-0.2, -0.15) is 0 Å². The standard InChI is InChI=1S/C11H24N2O.ClH/c1-13(8-3-9-14-2)10-11-4-6-12-7-5-11;/h11-12H,3-10H2,1-2H3;1H. The van der Waals surface area contributed by atoms with Gasteiger partial charge < -0.3 is 15.0 Å². The van der Waals surface area contributed by atoms with Crippen molar-refractivity contribution in [2.24, 2.45) is 5.92 Å². The van der Waals surface area contributed by atoms with Crippen LogP contribution in [0.1, 0.15) is 19.3 Å². The summed E-state index contributed by atoms with van der Waals surface area (Å²) in [5, 5.41) is 3.40. The largest absolute Gasteiger partial charge is 0.385 e. The predicted molar refractivity (Wildman–Crippen MR) is 66.8 cm³/mol. The van der Waals surface area contributed by atoms with Crippen LogP contribution in [0.5, 0.6) is 0 Å². The maximum atomic E-state index is 5.05. The lowest BCUT2D eigenvalue weighted by atomic mass is 9.98. The first kappa shape index (κ1) is 15.2. The Morgan fingerprint density at radius 2 is 2.00 bits per heavy atom. The molecular weight excluding hydrogens is 212 g/mol. The second-order valence-electron chi connectivity index (χ2n) is 4.30. The van der Waals surface area contributed by atoms with Gasteiger partial charge in [0.2, 0.25) is 0 Å². The number of ether oxygens (including phenoxy) is 1. The van der Waals surface area contributed by atoms with Gasteiger partial charge >= 0.3 is 0 Å². The fourth-order valence-electron chi connectivity index (χ4n) is 2.08. The summed E-state index contributed by atoms with van der Waals surface area (Å²) in [5.41, 5.74) is 0. The molecule has 0 spiro atoms. The summed E-state index contributed by atoms with van der Waals surface area (Å²) in [6, 6.07) is 0. The van der Waals surface area contributed by atoms with Gasteiger partial charge in [-0.25, -0.2) is 0 Å². The highest BCUT2D eigenvalue weighted by molar-refractivity contribution is 5.85. The number of piperidine rings is 1. The minimum atomic E-state index is 0. The number of nitrogens with one attached hydrogen (secondary N) is 1. The first-order valence-corrected chi connectivity index (χ1v) is 5.71. The molecule has 1 heterocycles. The van der Waals surface area contributed by atoms with Crippen LogP contribution >= 0.6 is 12.4 Å². The Balaban J connectivity index is 0.00000196. The van der Waals surface area contributed by atoms with Gasteiger partial charge in [0.15, 0.2) is 0 Å². The highest BCUT2D eigenvalue weighted by Gasteiger charge is 2.14. The average molecular weight is 237 g/mol. The van der Waals surface area contributed by atoms with Gasteiger partial charge in [0.1, 0.15) is 0 Å². The van der Waals surface area contributed by atoms with E-state index in [-0.39, 0.29) is 12.4 Å². The van der Waals surface area contributed by atoms with Gasteiger partial charge in [0, 0.05) is 26.8 Å². The maximum Gasteiger partial charge on any atom is 0.0474 e. The van der Waals surface area contributed by atoms with E-state index in [1.165, 1.54) is 32.5 Å². The van der Waals surface area contributed by atoms with Gasteiger partial charge in [0.25, 0.3) is 0 Å². The summed E-state index contributed by atoms with van der Waals surface area (Å²) in [6.07, 6.45) is 3.83. The fourth-order valence-corrected chi connectivity index (χ4v) is 2.08. The molecule has 0 radical (unpaired) electrons. The third-order valence-electron chi connectivity index (χ3n) is 2.92. The number of hydrogen-bond donors (Lipinski definition) is 1. The number of nitrogens with zero attached hydrogens (tertiary/aromatic N) is 1. The molecule has 0 bridgehead atoms. The molecule has 1 fully saturated rings. The van der Waals surface area contributed by atoms with Crippen LogP contribution in [0.15, 0.2) is 0 Å². The van der Waals surface area contributed by atoms with E-state index >= 15 is 0 Å². The quantitative estimate of drug-likeness (QED) is 0.706. The number of methoxy groups -OCH3 is 1. The summed E-state index contributed by atoms with van der Waals surface area (Å²) in [6.45, 7) is 5.72. The smallest absolute Gasteiger partial charge is 0.0474 e. The maximum absolute atomic E-state index is 5.05. The van der Waals surface area contributed by atoms with Crippen molar-refractivity contribution in [2.75, 3.05) is 46.9 Å². The Labute approximate surface area is 100.0 Å². The first-order chi connectivity index (χ1) is 6.83. The van der Waals surface area contributed by atoms with Gasteiger partial charge in [-0.15, -0.1) is 12.4 Å². The zero-order valence-electron chi connectivity index (χ0n) is 10.00. The monoisotopic (exact) mass is 236 g/mol. The molecule has 15 heavy (non-hydrogen) atoms. The first-order valence-electron chi connectivity index (χ1n) is 5.71. The van der Waals surface area contributed by atoms with Crippen molar-refractivity contribution in [3.8, 4) is 0 Å². The van der Waals surface area contributed by atoms with Crippen molar-refractivity contribution in [3.63, 3.8) is 0 Å². The molecule has 0 amide bonds. The number of hydrogen-bond acceptors (Lipinski definition) is 3. The Morgan fingerprint density at radius 1 is 1.33 bits per heavy atom. The molecule has 4 heteroatoms. The highest BCUT2D eigenvalue weighted by atomic mass is 35.5. The SMILES string of the molecule is COCCCN(C)CC1CCNCC1.Cl. The second kappa shape index (κ2) is 9.40. The Kier molecular flexibility index (Phi) is 9.51. The number of rotatable bonds is 6. The fraction of sp³-hybridized carbons (Fsp3) is 1.00. The molecule has 0 unspecified atom stereocenters. The minimum absolute atomic E-state index is 0. The van der Waals surface area contributed by atoms with E-state index in [1.807, 2.05) is 0 Å². The van der Waals surface area contributed by atoms with Gasteiger partial charge in [-0.05, 0) is 45.3 Å². The molecule has 1 rings (SSSR count). The van der Waals surface area contributed by atoms with Crippen molar-refractivity contribution in [2.45, 2.75) is 19.3 Å². The molecule has 1 aliphatic heterocycles. The Bertz CT molecular complexity index is 141.